The fraction of sp³-hybridized carbons (Fsp3) is 0.444. The molecule has 0 aromatic carbocycles. The zero-order valence-corrected chi connectivity index (χ0v) is 9.31. The minimum atomic E-state index is -0.280. The molecule has 0 N–H and O–H groups in total. The number of hydrogen-bond donors (Lipinski definition) is 0. The Morgan fingerprint density at radius 3 is 2.54 bits per heavy atom. The Morgan fingerprint density at radius 2 is 2.08 bits per heavy atom. The number of anilines is 1. The molecule has 1 aromatic heterocycles. The third-order valence-corrected chi connectivity index (χ3v) is 2.29. The van der Waals surface area contributed by atoms with E-state index in [1.807, 2.05) is 18.7 Å². The number of pyridine rings is 1. The van der Waals surface area contributed by atoms with Gasteiger partial charge in [0.1, 0.15) is 0 Å². The Morgan fingerprint density at radius 1 is 1.46 bits per heavy atom. The van der Waals surface area contributed by atoms with Gasteiger partial charge in [0, 0.05) is 23.8 Å². The first kappa shape index (κ1) is 10.4. The second kappa shape index (κ2) is 4.56. The maximum atomic E-state index is 13.3. The predicted molar refractivity (Wildman–Crippen MR) is 55.5 cm³/mol. The van der Waals surface area contributed by atoms with Crippen molar-refractivity contribution in [3.8, 4) is 0 Å². The largest absolute Gasteiger partial charge is 0.355 e. The molecule has 0 amide bonds. The number of rotatable bonds is 3. The lowest BCUT2D eigenvalue weighted by Crippen LogP contribution is -2.24. The number of nitrogens with zero attached hydrogens (tertiary/aromatic N) is 2. The van der Waals surface area contributed by atoms with Gasteiger partial charge in [-0.25, -0.2) is 9.37 Å². The monoisotopic (exact) mass is 246 g/mol. The molecule has 0 atom stereocenters. The number of hydrogen-bond acceptors (Lipinski definition) is 2. The average molecular weight is 247 g/mol. The van der Waals surface area contributed by atoms with E-state index >= 15 is 0 Å². The molecule has 4 heteroatoms. The number of aromatic nitrogens is 1. The smallest absolute Gasteiger partial charge is 0.166 e. The molecule has 0 saturated heterocycles. The molecule has 0 aliphatic carbocycles. The van der Waals surface area contributed by atoms with Crippen molar-refractivity contribution in [3.05, 3.63) is 22.6 Å². The highest BCUT2D eigenvalue weighted by molar-refractivity contribution is 9.10. The van der Waals surface area contributed by atoms with Crippen molar-refractivity contribution < 1.29 is 4.39 Å². The standard InChI is InChI=1S/C9H12BrFN2/c1-3-13(4-2)9-8(11)5-7(10)6-12-9/h5-6H,3-4H2,1-2H3. The van der Waals surface area contributed by atoms with Crippen molar-refractivity contribution in [2.24, 2.45) is 0 Å². The molecular weight excluding hydrogens is 235 g/mol. The highest BCUT2D eigenvalue weighted by atomic mass is 79.9. The minimum absolute atomic E-state index is 0.280. The topological polar surface area (TPSA) is 16.1 Å². The molecule has 0 aliphatic rings. The van der Waals surface area contributed by atoms with E-state index in [9.17, 15) is 4.39 Å². The van der Waals surface area contributed by atoms with Gasteiger partial charge in [0.05, 0.1) is 0 Å². The predicted octanol–water partition coefficient (Wildman–Crippen LogP) is 2.83. The summed E-state index contributed by atoms with van der Waals surface area (Å²) in [5.74, 6) is 0.145. The van der Waals surface area contributed by atoms with Crippen LogP contribution in [0.4, 0.5) is 10.2 Å². The first-order valence-electron chi connectivity index (χ1n) is 4.25. The third-order valence-electron chi connectivity index (χ3n) is 1.85. The molecule has 1 heterocycles. The number of halogens is 2. The summed E-state index contributed by atoms with van der Waals surface area (Å²) in [7, 11) is 0. The van der Waals surface area contributed by atoms with Crippen LogP contribution in [-0.2, 0) is 0 Å². The molecular formula is C9H12BrFN2. The average Bonchev–Trinajstić information content (AvgIpc) is 2.10. The Labute approximate surface area is 85.9 Å². The van der Waals surface area contributed by atoms with Crippen molar-refractivity contribution in [2.45, 2.75) is 13.8 Å². The summed E-state index contributed by atoms with van der Waals surface area (Å²) in [6.45, 7) is 5.49. The summed E-state index contributed by atoms with van der Waals surface area (Å²) in [5, 5.41) is 0. The maximum absolute atomic E-state index is 13.3. The molecule has 2 nitrogen and oxygen atoms in total. The summed E-state index contributed by atoms with van der Waals surface area (Å²) in [6.07, 6.45) is 1.61. The van der Waals surface area contributed by atoms with Crippen LogP contribution in [0.3, 0.4) is 0 Å². The Balaban J connectivity index is 2.99. The van der Waals surface area contributed by atoms with Gasteiger partial charge in [-0.2, -0.15) is 0 Å². The van der Waals surface area contributed by atoms with Gasteiger partial charge < -0.3 is 4.90 Å². The molecule has 0 aliphatic heterocycles. The van der Waals surface area contributed by atoms with Crippen LogP contribution >= 0.6 is 15.9 Å². The second-order valence-electron chi connectivity index (χ2n) is 2.63. The fourth-order valence-corrected chi connectivity index (χ4v) is 1.47. The zero-order valence-electron chi connectivity index (χ0n) is 7.72. The third kappa shape index (κ3) is 2.40. The molecule has 13 heavy (non-hydrogen) atoms. The van der Waals surface area contributed by atoms with Crippen molar-refractivity contribution in [2.75, 3.05) is 18.0 Å². The minimum Gasteiger partial charge on any atom is -0.355 e. The van der Waals surface area contributed by atoms with Gasteiger partial charge in [0.2, 0.25) is 0 Å². The molecule has 72 valence electrons. The summed E-state index contributed by atoms with van der Waals surface area (Å²) >= 11 is 3.17. The Hall–Kier alpha value is -0.640. The van der Waals surface area contributed by atoms with Gasteiger partial charge in [0.25, 0.3) is 0 Å². The summed E-state index contributed by atoms with van der Waals surface area (Å²) in [6, 6.07) is 1.43. The van der Waals surface area contributed by atoms with Crippen LogP contribution in [0.5, 0.6) is 0 Å². The molecule has 1 aromatic rings. The summed E-state index contributed by atoms with van der Waals surface area (Å²) in [4.78, 5) is 5.90. The van der Waals surface area contributed by atoms with Crippen molar-refractivity contribution >= 4 is 21.7 Å². The van der Waals surface area contributed by atoms with Crippen LogP contribution in [0.25, 0.3) is 0 Å². The van der Waals surface area contributed by atoms with E-state index in [0.717, 1.165) is 13.1 Å². The van der Waals surface area contributed by atoms with Crippen LogP contribution < -0.4 is 4.90 Å². The molecule has 0 radical (unpaired) electrons. The first-order valence-corrected chi connectivity index (χ1v) is 5.04. The lowest BCUT2D eigenvalue weighted by molar-refractivity contribution is 0.611. The van der Waals surface area contributed by atoms with Gasteiger partial charge in [0.15, 0.2) is 11.6 Å². The normalized spacial score (nSPS) is 10.2. The Kier molecular flexibility index (Phi) is 3.66. The van der Waals surface area contributed by atoms with Crippen LogP contribution in [0, 0.1) is 5.82 Å². The lowest BCUT2D eigenvalue weighted by Gasteiger charge is -2.19. The fourth-order valence-electron chi connectivity index (χ4n) is 1.16. The van der Waals surface area contributed by atoms with Crippen LogP contribution in [0.1, 0.15) is 13.8 Å². The van der Waals surface area contributed by atoms with Gasteiger partial charge in [-0.3, -0.25) is 0 Å². The molecule has 0 saturated carbocycles. The quantitative estimate of drug-likeness (QED) is 0.816. The van der Waals surface area contributed by atoms with Crippen molar-refractivity contribution in [3.63, 3.8) is 0 Å². The van der Waals surface area contributed by atoms with Gasteiger partial charge in [-0.15, -0.1) is 0 Å². The van der Waals surface area contributed by atoms with E-state index in [1.165, 1.54) is 6.07 Å². The molecule has 0 unspecified atom stereocenters. The molecule has 1 rings (SSSR count). The zero-order chi connectivity index (χ0) is 9.84. The summed E-state index contributed by atoms with van der Waals surface area (Å²) in [5.41, 5.74) is 0. The van der Waals surface area contributed by atoms with Gasteiger partial charge in [-0.05, 0) is 35.8 Å². The maximum Gasteiger partial charge on any atom is 0.166 e. The summed E-state index contributed by atoms with van der Waals surface area (Å²) < 4.78 is 14.0. The Bertz CT molecular complexity index is 287. The molecule has 0 bridgehead atoms. The van der Waals surface area contributed by atoms with Crippen LogP contribution in [-0.4, -0.2) is 18.1 Å². The van der Waals surface area contributed by atoms with Crippen LogP contribution in [0.2, 0.25) is 0 Å². The first-order chi connectivity index (χ1) is 6.19. The second-order valence-corrected chi connectivity index (χ2v) is 3.55. The lowest BCUT2D eigenvalue weighted by atomic mass is 10.4. The van der Waals surface area contributed by atoms with Crippen molar-refractivity contribution in [1.82, 2.24) is 4.98 Å². The van der Waals surface area contributed by atoms with Crippen LogP contribution in [0.15, 0.2) is 16.7 Å². The van der Waals surface area contributed by atoms with Gasteiger partial charge in [-0.1, -0.05) is 0 Å². The highest BCUT2D eigenvalue weighted by Crippen LogP contribution is 2.19. The highest BCUT2D eigenvalue weighted by Gasteiger charge is 2.09. The van der Waals surface area contributed by atoms with E-state index in [-0.39, 0.29) is 5.82 Å². The van der Waals surface area contributed by atoms with E-state index in [0.29, 0.717) is 10.3 Å². The van der Waals surface area contributed by atoms with E-state index in [4.69, 9.17) is 0 Å². The van der Waals surface area contributed by atoms with E-state index in [2.05, 4.69) is 20.9 Å². The van der Waals surface area contributed by atoms with E-state index in [1.54, 1.807) is 6.20 Å². The SMILES string of the molecule is CCN(CC)c1ncc(Br)cc1F. The van der Waals surface area contributed by atoms with Gasteiger partial charge >= 0.3 is 0 Å². The van der Waals surface area contributed by atoms with E-state index < -0.39 is 0 Å². The van der Waals surface area contributed by atoms with Crippen molar-refractivity contribution in [1.29, 1.82) is 0 Å². The molecule has 0 spiro atoms. The molecule has 0 fully saturated rings.